The van der Waals surface area contributed by atoms with Crippen LogP contribution in [0.15, 0.2) is 42.9 Å². The van der Waals surface area contributed by atoms with E-state index in [1.165, 1.54) is 12.1 Å². The molecule has 6 nitrogen and oxygen atoms in total. The summed E-state index contributed by atoms with van der Waals surface area (Å²) >= 11 is 0. The second-order valence-corrected chi connectivity index (χ2v) is 7.91. The van der Waals surface area contributed by atoms with Crippen LogP contribution in [0.4, 0.5) is 10.2 Å². The van der Waals surface area contributed by atoms with E-state index in [1.54, 1.807) is 18.5 Å². The third-order valence-corrected chi connectivity index (χ3v) is 6.15. The minimum absolute atomic E-state index is 0.0211. The number of nitrogens with zero attached hydrogens (tertiary/aromatic N) is 3. The molecule has 1 amide bonds. The lowest BCUT2D eigenvalue weighted by Gasteiger charge is -2.39. The van der Waals surface area contributed by atoms with Crippen LogP contribution >= 0.6 is 0 Å². The molecule has 0 bridgehead atoms. The number of aromatic amines is 1. The fraction of sp³-hybridized carbons (Fsp3) is 0.381. The Morgan fingerprint density at radius 3 is 2.86 bits per heavy atom. The lowest BCUT2D eigenvalue weighted by Crippen LogP contribution is -2.48. The number of anilines is 1. The van der Waals surface area contributed by atoms with Gasteiger partial charge in [-0.05, 0) is 48.4 Å². The number of rotatable bonds is 4. The zero-order valence-electron chi connectivity index (χ0n) is 15.5. The highest BCUT2D eigenvalue weighted by atomic mass is 19.1. The molecule has 1 spiro atoms. The average molecular weight is 379 g/mol. The van der Waals surface area contributed by atoms with Crippen molar-refractivity contribution in [3.05, 3.63) is 54.2 Å². The van der Waals surface area contributed by atoms with Gasteiger partial charge in [-0.2, -0.15) is 0 Å². The van der Waals surface area contributed by atoms with Crippen LogP contribution in [0.5, 0.6) is 0 Å². The quantitative estimate of drug-likeness (QED) is 0.731. The molecular formula is C21H22FN5O. The number of hydrogen-bond acceptors (Lipinski definition) is 4. The standard InChI is InChI=1S/C21H22FN5O/c22-15-3-1-14(2-4-15)11-24-20(28)17-6-10-27(12-21(17)7-8-21)19-16-5-9-23-18(16)25-13-26-19/h1-5,9,13,17H,6-8,10-12H2,(H,24,28)(H,23,25,26). The minimum atomic E-state index is -0.263. The number of fused-ring (bicyclic) bond motifs is 1. The summed E-state index contributed by atoms with van der Waals surface area (Å²) in [5, 5.41) is 4.08. The van der Waals surface area contributed by atoms with Gasteiger partial charge in [0, 0.05) is 31.7 Å². The lowest BCUT2D eigenvalue weighted by atomic mass is 9.81. The van der Waals surface area contributed by atoms with Gasteiger partial charge in [-0.15, -0.1) is 0 Å². The maximum absolute atomic E-state index is 13.0. The van der Waals surface area contributed by atoms with Crippen LogP contribution in [0.2, 0.25) is 0 Å². The molecule has 3 heterocycles. The second kappa shape index (κ2) is 6.58. The van der Waals surface area contributed by atoms with Crippen molar-refractivity contribution in [2.75, 3.05) is 18.0 Å². The molecule has 2 aliphatic rings. The molecule has 7 heteroatoms. The summed E-state index contributed by atoms with van der Waals surface area (Å²) in [7, 11) is 0. The first-order valence-electron chi connectivity index (χ1n) is 9.70. The van der Waals surface area contributed by atoms with Crippen molar-refractivity contribution in [3.8, 4) is 0 Å². The van der Waals surface area contributed by atoms with Crippen LogP contribution in [0, 0.1) is 17.2 Å². The van der Waals surface area contributed by atoms with Crippen molar-refractivity contribution < 1.29 is 9.18 Å². The lowest BCUT2D eigenvalue weighted by molar-refractivity contribution is -0.128. The van der Waals surface area contributed by atoms with Gasteiger partial charge in [0.05, 0.1) is 5.39 Å². The third kappa shape index (κ3) is 3.00. The Bertz CT molecular complexity index is 1010. The number of carbonyl (C=O) groups excluding carboxylic acids is 1. The Hall–Kier alpha value is -2.96. The van der Waals surface area contributed by atoms with Gasteiger partial charge < -0.3 is 15.2 Å². The summed E-state index contributed by atoms with van der Waals surface area (Å²) in [5.74, 6) is 0.812. The minimum Gasteiger partial charge on any atom is -0.355 e. The van der Waals surface area contributed by atoms with E-state index >= 15 is 0 Å². The van der Waals surface area contributed by atoms with Gasteiger partial charge in [0.15, 0.2) is 0 Å². The molecule has 28 heavy (non-hydrogen) atoms. The zero-order chi connectivity index (χ0) is 19.1. The molecule has 1 aliphatic heterocycles. The van der Waals surface area contributed by atoms with E-state index in [9.17, 15) is 9.18 Å². The molecule has 2 aromatic heterocycles. The summed E-state index contributed by atoms with van der Waals surface area (Å²) in [6.07, 6.45) is 6.42. The second-order valence-electron chi connectivity index (χ2n) is 7.91. The maximum atomic E-state index is 13.0. The first-order valence-corrected chi connectivity index (χ1v) is 9.70. The van der Waals surface area contributed by atoms with E-state index < -0.39 is 0 Å². The van der Waals surface area contributed by atoms with E-state index in [-0.39, 0.29) is 23.1 Å². The van der Waals surface area contributed by atoms with E-state index in [0.29, 0.717) is 6.54 Å². The normalized spacial score (nSPS) is 20.5. The number of amides is 1. The molecule has 2 N–H and O–H groups in total. The molecule has 144 valence electrons. The number of nitrogens with one attached hydrogen (secondary N) is 2. The first kappa shape index (κ1) is 17.2. The van der Waals surface area contributed by atoms with Gasteiger partial charge in [-0.3, -0.25) is 4.79 Å². The Balaban J connectivity index is 1.28. The fourth-order valence-corrected chi connectivity index (χ4v) is 4.44. The van der Waals surface area contributed by atoms with Crippen molar-refractivity contribution in [3.63, 3.8) is 0 Å². The first-order chi connectivity index (χ1) is 13.6. The van der Waals surface area contributed by atoms with Crippen molar-refractivity contribution in [1.82, 2.24) is 20.3 Å². The summed E-state index contributed by atoms with van der Waals surface area (Å²) in [6, 6.07) is 8.27. The topological polar surface area (TPSA) is 73.9 Å². The van der Waals surface area contributed by atoms with Crippen LogP contribution in [-0.4, -0.2) is 33.9 Å². The van der Waals surface area contributed by atoms with Crippen molar-refractivity contribution >= 4 is 22.8 Å². The molecule has 1 aliphatic carbocycles. The van der Waals surface area contributed by atoms with Gasteiger partial charge in [0.1, 0.15) is 23.6 Å². The molecule has 1 unspecified atom stereocenters. The van der Waals surface area contributed by atoms with Gasteiger partial charge in [0.2, 0.25) is 5.91 Å². The van der Waals surface area contributed by atoms with Gasteiger partial charge in [0.25, 0.3) is 0 Å². The number of H-pyrrole nitrogens is 1. The summed E-state index contributed by atoms with van der Waals surface area (Å²) < 4.78 is 13.0. The average Bonchev–Trinajstić information content (AvgIpc) is 3.29. The number of halogens is 1. The van der Waals surface area contributed by atoms with E-state index in [1.807, 2.05) is 12.3 Å². The number of piperidine rings is 1. The highest BCUT2D eigenvalue weighted by molar-refractivity contribution is 5.87. The van der Waals surface area contributed by atoms with E-state index in [4.69, 9.17) is 0 Å². The van der Waals surface area contributed by atoms with Crippen LogP contribution in [-0.2, 0) is 11.3 Å². The number of carbonyl (C=O) groups is 1. The molecular weight excluding hydrogens is 357 g/mol. The molecule has 1 aromatic carbocycles. The molecule has 1 saturated heterocycles. The largest absolute Gasteiger partial charge is 0.355 e. The SMILES string of the molecule is O=C(NCc1ccc(F)cc1)C1CCN(c2ncnc3[nH]ccc23)CC12CC2. The molecule has 5 rings (SSSR count). The molecule has 1 atom stereocenters. The molecule has 0 radical (unpaired) electrons. The van der Waals surface area contributed by atoms with Crippen LogP contribution in [0.25, 0.3) is 11.0 Å². The van der Waals surface area contributed by atoms with E-state index in [2.05, 4.69) is 25.2 Å². The van der Waals surface area contributed by atoms with Crippen molar-refractivity contribution in [1.29, 1.82) is 0 Å². The number of aromatic nitrogens is 3. The van der Waals surface area contributed by atoms with Crippen molar-refractivity contribution in [2.24, 2.45) is 11.3 Å². The smallest absolute Gasteiger partial charge is 0.224 e. The Labute approximate surface area is 162 Å². The summed E-state index contributed by atoms with van der Waals surface area (Å²) in [5.41, 5.74) is 1.79. The Morgan fingerprint density at radius 2 is 2.07 bits per heavy atom. The molecule has 1 saturated carbocycles. The maximum Gasteiger partial charge on any atom is 0.224 e. The Morgan fingerprint density at radius 1 is 1.25 bits per heavy atom. The molecule has 3 aromatic rings. The highest BCUT2D eigenvalue weighted by Gasteiger charge is 2.55. The van der Waals surface area contributed by atoms with Gasteiger partial charge >= 0.3 is 0 Å². The highest BCUT2D eigenvalue weighted by Crippen LogP contribution is 2.56. The monoisotopic (exact) mass is 379 g/mol. The van der Waals surface area contributed by atoms with Crippen LogP contribution in [0.3, 0.4) is 0 Å². The fourth-order valence-electron chi connectivity index (χ4n) is 4.44. The summed E-state index contributed by atoms with van der Waals surface area (Å²) in [4.78, 5) is 27.1. The van der Waals surface area contributed by atoms with E-state index in [0.717, 1.165) is 54.8 Å². The number of hydrogen-bond donors (Lipinski definition) is 2. The number of benzene rings is 1. The predicted molar refractivity (Wildman–Crippen MR) is 104 cm³/mol. The van der Waals surface area contributed by atoms with Crippen LogP contribution in [0.1, 0.15) is 24.8 Å². The molecule has 2 fully saturated rings. The van der Waals surface area contributed by atoms with Gasteiger partial charge in [-0.1, -0.05) is 12.1 Å². The zero-order valence-corrected chi connectivity index (χ0v) is 15.5. The summed E-state index contributed by atoms with van der Waals surface area (Å²) in [6.45, 7) is 2.08. The van der Waals surface area contributed by atoms with Gasteiger partial charge in [-0.25, -0.2) is 14.4 Å². The Kier molecular flexibility index (Phi) is 4.03. The predicted octanol–water partition coefficient (Wildman–Crippen LogP) is 3.02. The van der Waals surface area contributed by atoms with Crippen molar-refractivity contribution in [2.45, 2.75) is 25.8 Å². The van der Waals surface area contributed by atoms with Crippen LogP contribution < -0.4 is 10.2 Å². The third-order valence-electron chi connectivity index (χ3n) is 6.15.